The number of benzene rings is 1. The Hall–Kier alpha value is -1.89. The third-order valence-electron chi connectivity index (χ3n) is 2.30. The largest absolute Gasteiger partial charge is 0.295 e. The maximum atomic E-state index is 10.9. The first kappa shape index (κ1) is 12.2. The van der Waals surface area contributed by atoms with Gasteiger partial charge in [-0.25, -0.2) is 0 Å². The summed E-state index contributed by atoms with van der Waals surface area (Å²) >= 11 is 0. The summed E-state index contributed by atoms with van der Waals surface area (Å²) in [6.07, 6.45) is 7.24. The Bertz CT molecular complexity index is 450. The Morgan fingerprint density at radius 3 is 2.56 bits per heavy atom. The van der Waals surface area contributed by atoms with Crippen LogP contribution in [0.4, 0.5) is 0 Å². The molecule has 82 valence electrons. The van der Waals surface area contributed by atoms with Gasteiger partial charge in [0.2, 0.25) is 0 Å². The molecule has 1 nitrogen and oxygen atoms in total. The number of carbonyl (C=O) groups is 1. The second kappa shape index (κ2) is 5.86. The van der Waals surface area contributed by atoms with E-state index in [1.165, 1.54) is 0 Å². The van der Waals surface area contributed by atoms with Gasteiger partial charge in [0, 0.05) is 0 Å². The summed E-state index contributed by atoms with van der Waals surface area (Å²) in [6.45, 7) is 7.30. The maximum absolute atomic E-state index is 10.9. The Kier molecular flexibility index (Phi) is 4.46. The molecule has 0 fully saturated rings. The topological polar surface area (TPSA) is 17.1 Å². The van der Waals surface area contributed by atoms with Gasteiger partial charge in [-0.1, -0.05) is 49.1 Å². The van der Waals surface area contributed by atoms with E-state index in [4.69, 9.17) is 0 Å². The smallest absolute Gasteiger partial charge is 0.152 e. The molecule has 16 heavy (non-hydrogen) atoms. The van der Waals surface area contributed by atoms with Crippen LogP contribution in [0.3, 0.4) is 0 Å². The van der Waals surface area contributed by atoms with Crippen molar-refractivity contribution in [1.82, 2.24) is 0 Å². The number of allylic oxidation sites excluding steroid dienone is 4. The molecule has 0 unspecified atom stereocenters. The second-order valence-corrected chi connectivity index (χ2v) is 3.48. The zero-order chi connectivity index (χ0) is 12.0. The van der Waals surface area contributed by atoms with Gasteiger partial charge in [-0.2, -0.15) is 0 Å². The van der Waals surface area contributed by atoms with E-state index in [0.29, 0.717) is 0 Å². The average Bonchev–Trinajstić information content (AvgIpc) is 2.29. The third-order valence-corrected chi connectivity index (χ3v) is 2.30. The van der Waals surface area contributed by atoms with E-state index in [9.17, 15) is 4.79 Å². The molecular formula is C15H16O. The van der Waals surface area contributed by atoms with Crippen molar-refractivity contribution in [1.29, 1.82) is 0 Å². The molecule has 1 aromatic carbocycles. The minimum absolute atomic E-state index is 0.0513. The first-order valence-electron chi connectivity index (χ1n) is 5.26. The predicted molar refractivity (Wildman–Crippen MR) is 70.0 cm³/mol. The molecule has 0 radical (unpaired) electrons. The normalized spacial score (nSPS) is 11.8. The minimum Gasteiger partial charge on any atom is -0.295 e. The monoisotopic (exact) mass is 212 g/mol. The molecule has 0 N–H and O–H groups in total. The van der Waals surface area contributed by atoms with E-state index < -0.39 is 0 Å². The van der Waals surface area contributed by atoms with Crippen LogP contribution >= 0.6 is 0 Å². The van der Waals surface area contributed by atoms with Crippen molar-refractivity contribution in [2.45, 2.75) is 13.8 Å². The zero-order valence-electron chi connectivity index (χ0n) is 9.73. The molecule has 0 bridgehead atoms. The van der Waals surface area contributed by atoms with E-state index in [2.05, 4.69) is 6.58 Å². The average molecular weight is 212 g/mol. The molecule has 1 heteroatoms. The highest BCUT2D eigenvalue weighted by Crippen LogP contribution is 2.21. The van der Waals surface area contributed by atoms with Gasteiger partial charge < -0.3 is 0 Å². The summed E-state index contributed by atoms with van der Waals surface area (Å²) in [5.74, 6) is 0.0513. The Morgan fingerprint density at radius 2 is 2.00 bits per heavy atom. The van der Waals surface area contributed by atoms with E-state index in [1.807, 2.05) is 49.4 Å². The minimum atomic E-state index is 0.0513. The molecule has 0 spiro atoms. The molecule has 0 aliphatic rings. The highest BCUT2D eigenvalue weighted by atomic mass is 16.1. The van der Waals surface area contributed by atoms with Gasteiger partial charge in [-0.3, -0.25) is 4.79 Å². The summed E-state index contributed by atoms with van der Waals surface area (Å²) in [7, 11) is 0. The first-order chi connectivity index (χ1) is 7.69. The molecule has 0 saturated carbocycles. The van der Waals surface area contributed by atoms with Gasteiger partial charge in [0.15, 0.2) is 5.78 Å². The highest BCUT2D eigenvalue weighted by Gasteiger charge is 2.00. The van der Waals surface area contributed by atoms with Gasteiger partial charge in [-0.05, 0) is 36.6 Å². The van der Waals surface area contributed by atoms with E-state index in [0.717, 1.165) is 16.7 Å². The number of rotatable bonds is 4. The number of hydrogen-bond donors (Lipinski definition) is 0. The fourth-order valence-electron chi connectivity index (χ4n) is 1.50. The molecule has 0 aliphatic carbocycles. The van der Waals surface area contributed by atoms with Gasteiger partial charge in [-0.15, -0.1) is 0 Å². The molecule has 0 aliphatic heterocycles. The summed E-state index contributed by atoms with van der Waals surface area (Å²) < 4.78 is 0. The molecular weight excluding hydrogens is 196 g/mol. The van der Waals surface area contributed by atoms with Crippen molar-refractivity contribution in [3.63, 3.8) is 0 Å². The highest BCUT2D eigenvalue weighted by molar-refractivity contribution is 5.92. The summed E-state index contributed by atoms with van der Waals surface area (Å²) in [6, 6.07) is 7.95. The maximum Gasteiger partial charge on any atom is 0.152 e. The van der Waals surface area contributed by atoms with Crippen molar-refractivity contribution in [3.8, 4) is 0 Å². The van der Waals surface area contributed by atoms with Crippen LogP contribution in [0.5, 0.6) is 0 Å². The number of carbonyl (C=O) groups excluding carboxylic acids is 1. The predicted octanol–water partition coefficient (Wildman–Crippen LogP) is 3.88. The van der Waals surface area contributed by atoms with Crippen LogP contribution in [0.25, 0.3) is 11.6 Å². The lowest BCUT2D eigenvalue weighted by molar-refractivity contribution is -0.112. The van der Waals surface area contributed by atoms with Gasteiger partial charge in [0.05, 0.1) is 0 Å². The van der Waals surface area contributed by atoms with Crippen molar-refractivity contribution in [2.75, 3.05) is 0 Å². The quantitative estimate of drug-likeness (QED) is 0.547. The molecule has 0 heterocycles. The number of ketones is 1. The molecule has 1 aromatic rings. The van der Waals surface area contributed by atoms with Crippen molar-refractivity contribution in [2.24, 2.45) is 0 Å². The van der Waals surface area contributed by atoms with Gasteiger partial charge >= 0.3 is 0 Å². The zero-order valence-corrected chi connectivity index (χ0v) is 9.73. The van der Waals surface area contributed by atoms with Gasteiger partial charge in [0.1, 0.15) is 0 Å². The van der Waals surface area contributed by atoms with Crippen molar-refractivity contribution >= 4 is 17.4 Å². The molecule has 0 atom stereocenters. The fourth-order valence-corrected chi connectivity index (χ4v) is 1.50. The lowest BCUT2D eigenvalue weighted by Gasteiger charge is -2.06. The van der Waals surface area contributed by atoms with E-state index in [-0.39, 0.29) is 5.78 Å². The van der Waals surface area contributed by atoms with E-state index in [1.54, 1.807) is 13.0 Å². The van der Waals surface area contributed by atoms with Crippen molar-refractivity contribution in [3.05, 3.63) is 60.2 Å². The Balaban J connectivity index is 3.19. The van der Waals surface area contributed by atoms with Crippen LogP contribution in [-0.2, 0) is 4.79 Å². The van der Waals surface area contributed by atoms with Gasteiger partial charge in [0.25, 0.3) is 0 Å². The van der Waals surface area contributed by atoms with Crippen molar-refractivity contribution < 1.29 is 4.79 Å². The number of hydrogen-bond acceptors (Lipinski definition) is 1. The molecule has 0 aromatic heterocycles. The SMILES string of the molecule is C=C/C(=C\C)c1ccccc1/C=C/C(C)=O. The second-order valence-electron chi connectivity index (χ2n) is 3.48. The lowest BCUT2D eigenvalue weighted by atomic mass is 9.99. The standard InChI is InChI=1S/C15H16O/c1-4-13(5-2)15-9-7-6-8-14(15)11-10-12(3)16/h4-11H,1H2,2-3H3/b11-10+,13-5+. The van der Waals surface area contributed by atoms with Crippen LogP contribution in [0, 0.1) is 0 Å². The van der Waals surface area contributed by atoms with E-state index >= 15 is 0 Å². The van der Waals surface area contributed by atoms with Crippen LogP contribution in [0.2, 0.25) is 0 Å². The summed E-state index contributed by atoms with van der Waals surface area (Å²) in [5.41, 5.74) is 3.20. The molecule has 0 saturated heterocycles. The summed E-state index contributed by atoms with van der Waals surface area (Å²) in [5, 5.41) is 0. The molecule has 0 amide bonds. The van der Waals surface area contributed by atoms with Crippen LogP contribution in [0.1, 0.15) is 25.0 Å². The fraction of sp³-hybridized carbons (Fsp3) is 0.133. The van der Waals surface area contributed by atoms with Crippen LogP contribution < -0.4 is 0 Å². The first-order valence-corrected chi connectivity index (χ1v) is 5.26. The Morgan fingerprint density at radius 1 is 1.31 bits per heavy atom. The van der Waals surface area contributed by atoms with Crippen LogP contribution in [0.15, 0.2) is 49.1 Å². The lowest BCUT2D eigenvalue weighted by Crippen LogP contribution is -1.87. The summed E-state index contributed by atoms with van der Waals surface area (Å²) in [4.78, 5) is 10.9. The van der Waals surface area contributed by atoms with Crippen LogP contribution in [-0.4, -0.2) is 5.78 Å². The Labute approximate surface area is 96.8 Å². The third kappa shape index (κ3) is 3.06. The molecule has 1 rings (SSSR count).